The fourth-order valence-corrected chi connectivity index (χ4v) is 2.95. The van der Waals surface area contributed by atoms with Gasteiger partial charge in [-0.05, 0) is 49.9 Å². The summed E-state index contributed by atoms with van der Waals surface area (Å²) in [6, 6.07) is 9.31. The molecule has 1 N–H and O–H groups in total. The van der Waals surface area contributed by atoms with E-state index in [1.165, 1.54) is 43.4 Å². The van der Waals surface area contributed by atoms with Crippen molar-refractivity contribution in [2.24, 2.45) is 0 Å². The van der Waals surface area contributed by atoms with Crippen molar-refractivity contribution < 1.29 is 0 Å². The Bertz CT molecular complexity index is 448. The van der Waals surface area contributed by atoms with Gasteiger partial charge >= 0.3 is 0 Å². The van der Waals surface area contributed by atoms with Gasteiger partial charge in [-0.2, -0.15) is 0 Å². The standard InChI is InChI=1S/C18H28N2/c1-4-19-18(15-10-7-5-6-8-11-15)16-12-9-13-17(14-16)20(2)3/h9-10,12-14,18-19H,4-8,11H2,1-3H3. The molecule has 0 heterocycles. The molecule has 0 amide bonds. The molecule has 2 heteroatoms. The molecule has 0 fully saturated rings. The smallest absolute Gasteiger partial charge is 0.0536 e. The van der Waals surface area contributed by atoms with Gasteiger partial charge in [-0.1, -0.05) is 37.1 Å². The molecule has 1 aliphatic rings. The minimum Gasteiger partial charge on any atom is -0.378 e. The molecule has 1 aromatic carbocycles. The second-order valence-electron chi connectivity index (χ2n) is 5.86. The van der Waals surface area contributed by atoms with Crippen LogP contribution in [0.5, 0.6) is 0 Å². The molecule has 0 bridgehead atoms. The summed E-state index contributed by atoms with van der Waals surface area (Å²) in [5.41, 5.74) is 4.26. The SMILES string of the molecule is CCNC(C1=CCCCCC1)c1cccc(N(C)C)c1. The van der Waals surface area contributed by atoms with E-state index >= 15 is 0 Å². The van der Waals surface area contributed by atoms with Gasteiger partial charge in [-0.25, -0.2) is 0 Å². The Hall–Kier alpha value is -1.28. The molecule has 1 aromatic rings. The highest BCUT2D eigenvalue weighted by atomic mass is 15.1. The van der Waals surface area contributed by atoms with E-state index in [0.717, 1.165) is 6.54 Å². The van der Waals surface area contributed by atoms with Crippen molar-refractivity contribution in [3.05, 3.63) is 41.5 Å². The Morgan fingerprint density at radius 1 is 1.20 bits per heavy atom. The van der Waals surface area contributed by atoms with Crippen LogP contribution in [-0.2, 0) is 0 Å². The summed E-state index contributed by atoms with van der Waals surface area (Å²) in [6.07, 6.45) is 9.01. The second-order valence-corrected chi connectivity index (χ2v) is 5.86. The number of hydrogen-bond donors (Lipinski definition) is 1. The summed E-state index contributed by atoms with van der Waals surface area (Å²) in [7, 11) is 4.21. The highest BCUT2D eigenvalue weighted by Gasteiger charge is 2.17. The van der Waals surface area contributed by atoms with Gasteiger partial charge < -0.3 is 10.2 Å². The molecule has 110 valence electrons. The molecule has 1 atom stereocenters. The van der Waals surface area contributed by atoms with Crippen molar-refractivity contribution in [2.45, 2.75) is 45.1 Å². The van der Waals surface area contributed by atoms with Crippen molar-refractivity contribution >= 4 is 5.69 Å². The first-order valence-corrected chi connectivity index (χ1v) is 7.92. The zero-order chi connectivity index (χ0) is 14.4. The Morgan fingerprint density at radius 2 is 2.05 bits per heavy atom. The van der Waals surface area contributed by atoms with Gasteiger partial charge in [-0.3, -0.25) is 0 Å². The monoisotopic (exact) mass is 272 g/mol. The molecule has 1 unspecified atom stereocenters. The zero-order valence-electron chi connectivity index (χ0n) is 13.2. The van der Waals surface area contributed by atoms with E-state index in [2.05, 4.69) is 61.6 Å². The fraction of sp³-hybridized carbons (Fsp3) is 0.556. The molecular weight excluding hydrogens is 244 g/mol. The fourth-order valence-electron chi connectivity index (χ4n) is 2.95. The molecular formula is C18H28N2. The first-order chi connectivity index (χ1) is 9.72. The largest absolute Gasteiger partial charge is 0.378 e. The molecule has 2 rings (SSSR count). The van der Waals surface area contributed by atoms with Crippen molar-refractivity contribution in [1.29, 1.82) is 0 Å². The van der Waals surface area contributed by atoms with Gasteiger partial charge in [0.2, 0.25) is 0 Å². The van der Waals surface area contributed by atoms with Crippen molar-refractivity contribution in [1.82, 2.24) is 5.32 Å². The van der Waals surface area contributed by atoms with E-state index in [1.807, 2.05) is 0 Å². The van der Waals surface area contributed by atoms with Crippen LogP contribution in [0.25, 0.3) is 0 Å². The summed E-state index contributed by atoms with van der Waals surface area (Å²) < 4.78 is 0. The van der Waals surface area contributed by atoms with Gasteiger partial charge in [0, 0.05) is 19.8 Å². The van der Waals surface area contributed by atoms with Crippen LogP contribution in [0, 0.1) is 0 Å². The Labute approximate surface area is 123 Å². The predicted molar refractivity (Wildman–Crippen MR) is 88.4 cm³/mol. The number of nitrogens with zero attached hydrogens (tertiary/aromatic N) is 1. The minimum atomic E-state index is 0.387. The van der Waals surface area contributed by atoms with E-state index in [-0.39, 0.29) is 0 Å². The number of rotatable bonds is 5. The van der Waals surface area contributed by atoms with Crippen LogP contribution in [0.3, 0.4) is 0 Å². The third-order valence-corrected chi connectivity index (χ3v) is 4.08. The van der Waals surface area contributed by atoms with E-state index in [4.69, 9.17) is 0 Å². The van der Waals surface area contributed by atoms with E-state index in [9.17, 15) is 0 Å². The molecule has 0 aromatic heterocycles. The number of anilines is 1. The van der Waals surface area contributed by atoms with E-state index < -0.39 is 0 Å². The summed E-state index contributed by atoms with van der Waals surface area (Å²) >= 11 is 0. The number of hydrogen-bond acceptors (Lipinski definition) is 2. The third kappa shape index (κ3) is 3.86. The van der Waals surface area contributed by atoms with Crippen LogP contribution in [0.1, 0.15) is 50.6 Å². The van der Waals surface area contributed by atoms with E-state index in [0.29, 0.717) is 6.04 Å². The second kappa shape index (κ2) is 7.49. The predicted octanol–water partition coefficient (Wildman–Crippen LogP) is 4.29. The lowest BCUT2D eigenvalue weighted by molar-refractivity contribution is 0.589. The Morgan fingerprint density at radius 3 is 2.80 bits per heavy atom. The van der Waals surface area contributed by atoms with Crippen molar-refractivity contribution in [2.75, 3.05) is 25.5 Å². The van der Waals surface area contributed by atoms with Crippen LogP contribution < -0.4 is 10.2 Å². The average Bonchev–Trinajstić information content (AvgIpc) is 2.74. The molecule has 1 aliphatic carbocycles. The number of likely N-dealkylation sites (N-methyl/N-ethyl adjacent to an activating group) is 1. The maximum absolute atomic E-state index is 3.68. The average molecular weight is 272 g/mol. The highest BCUT2D eigenvalue weighted by Crippen LogP contribution is 2.30. The molecule has 0 spiro atoms. The lowest BCUT2D eigenvalue weighted by Crippen LogP contribution is -2.23. The normalized spacial score (nSPS) is 17.2. The van der Waals surface area contributed by atoms with Gasteiger partial charge in [0.05, 0.1) is 6.04 Å². The van der Waals surface area contributed by atoms with E-state index in [1.54, 1.807) is 5.57 Å². The lowest BCUT2D eigenvalue weighted by atomic mass is 9.94. The molecule has 0 radical (unpaired) electrons. The van der Waals surface area contributed by atoms with Gasteiger partial charge in [0.15, 0.2) is 0 Å². The first-order valence-electron chi connectivity index (χ1n) is 7.92. The summed E-state index contributed by atoms with van der Waals surface area (Å²) in [5, 5.41) is 3.68. The van der Waals surface area contributed by atoms with Crippen LogP contribution in [0.15, 0.2) is 35.9 Å². The molecule has 0 aliphatic heterocycles. The lowest BCUT2D eigenvalue weighted by Gasteiger charge is -2.23. The van der Waals surface area contributed by atoms with Crippen LogP contribution in [0.2, 0.25) is 0 Å². The van der Waals surface area contributed by atoms with Gasteiger partial charge in [0.25, 0.3) is 0 Å². The van der Waals surface area contributed by atoms with Crippen molar-refractivity contribution in [3.63, 3.8) is 0 Å². The first kappa shape index (κ1) is 15.1. The Balaban J connectivity index is 2.27. The highest BCUT2D eigenvalue weighted by molar-refractivity contribution is 5.49. The number of benzene rings is 1. The molecule has 0 saturated carbocycles. The third-order valence-electron chi connectivity index (χ3n) is 4.08. The summed E-state index contributed by atoms with van der Waals surface area (Å²) in [5.74, 6) is 0. The summed E-state index contributed by atoms with van der Waals surface area (Å²) in [4.78, 5) is 2.17. The topological polar surface area (TPSA) is 15.3 Å². The van der Waals surface area contributed by atoms with Crippen LogP contribution in [0.4, 0.5) is 5.69 Å². The number of nitrogens with one attached hydrogen (secondary N) is 1. The van der Waals surface area contributed by atoms with Gasteiger partial charge in [-0.15, -0.1) is 0 Å². The van der Waals surface area contributed by atoms with Crippen molar-refractivity contribution in [3.8, 4) is 0 Å². The maximum Gasteiger partial charge on any atom is 0.0536 e. The number of allylic oxidation sites excluding steroid dienone is 1. The molecule has 20 heavy (non-hydrogen) atoms. The zero-order valence-corrected chi connectivity index (χ0v) is 13.2. The summed E-state index contributed by atoms with van der Waals surface area (Å²) in [6.45, 7) is 3.20. The van der Waals surface area contributed by atoms with Crippen LogP contribution in [-0.4, -0.2) is 20.6 Å². The minimum absolute atomic E-state index is 0.387. The maximum atomic E-state index is 3.68. The van der Waals surface area contributed by atoms with Crippen LogP contribution >= 0.6 is 0 Å². The Kier molecular flexibility index (Phi) is 5.66. The molecule has 2 nitrogen and oxygen atoms in total. The quantitative estimate of drug-likeness (QED) is 0.804. The molecule has 0 saturated heterocycles. The van der Waals surface area contributed by atoms with Gasteiger partial charge in [0.1, 0.15) is 0 Å².